The molecule has 0 unspecified atom stereocenters. The van der Waals surface area contributed by atoms with Gasteiger partial charge in [-0.3, -0.25) is 14.9 Å². The minimum Gasteiger partial charge on any atom is -0.480 e. The quantitative estimate of drug-likeness (QED) is 0.584. The molecule has 0 saturated heterocycles. The summed E-state index contributed by atoms with van der Waals surface area (Å²) in [7, 11) is 3.74. The molecule has 1 aromatic heterocycles. The maximum absolute atomic E-state index is 10.9. The number of likely N-dealkylation sites (N-methyl/N-ethyl adjacent to an activating group) is 1. The number of hydrogen-bond donors (Lipinski definition) is 1. The lowest BCUT2D eigenvalue weighted by Crippen LogP contribution is -2.36. The summed E-state index contributed by atoms with van der Waals surface area (Å²) in [6.07, 6.45) is 1.12. The molecule has 8 nitrogen and oxygen atoms in total. The van der Waals surface area contributed by atoms with Crippen molar-refractivity contribution >= 4 is 33.4 Å². The summed E-state index contributed by atoms with van der Waals surface area (Å²) in [6.45, 7) is 0.859. The Balaban J connectivity index is 3.00. The van der Waals surface area contributed by atoms with Crippen molar-refractivity contribution < 1.29 is 14.8 Å². The van der Waals surface area contributed by atoms with Crippen LogP contribution in [0.5, 0.6) is 0 Å². The molecule has 110 valence electrons. The number of carbonyl (C=O) groups is 1. The minimum absolute atomic E-state index is 0.150. The normalized spacial score (nSPS) is 10.6. The molecule has 0 radical (unpaired) electrons. The summed E-state index contributed by atoms with van der Waals surface area (Å²) in [4.78, 5) is 28.5. The van der Waals surface area contributed by atoms with Gasteiger partial charge in [-0.05, 0) is 30.0 Å². The number of nitro groups is 1. The highest BCUT2D eigenvalue weighted by Crippen LogP contribution is 2.27. The van der Waals surface area contributed by atoms with Crippen LogP contribution >= 0.6 is 15.9 Å². The third-order valence-electron chi connectivity index (χ3n) is 2.46. The molecule has 1 N–H and O–H groups in total. The fourth-order valence-electron chi connectivity index (χ4n) is 1.50. The molecule has 0 aliphatic heterocycles. The first-order valence-corrected chi connectivity index (χ1v) is 6.52. The summed E-state index contributed by atoms with van der Waals surface area (Å²) in [6, 6.07) is 1.31. The van der Waals surface area contributed by atoms with Gasteiger partial charge in [-0.15, -0.1) is 0 Å². The Bertz CT molecular complexity index is 509. The molecule has 1 rings (SSSR count). The SMILES string of the molecule is CN(C)CCN(CC(=O)O)c1ncc([N+](=O)[O-])cc1Br. The fourth-order valence-corrected chi connectivity index (χ4v) is 2.08. The molecule has 0 atom stereocenters. The van der Waals surface area contributed by atoms with Crippen molar-refractivity contribution in [2.24, 2.45) is 0 Å². The zero-order chi connectivity index (χ0) is 15.3. The number of carboxylic acids is 1. The Morgan fingerprint density at radius 3 is 2.60 bits per heavy atom. The number of aliphatic carboxylic acids is 1. The molecule has 9 heteroatoms. The molecule has 1 heterocycles. The zero-order valence-corrected chi connectivity index (χ0v) is 12.7. The van der Waals surface area contributed by atoms with Crippen molar-refractivity contribution in [2.75, 3.05) is 38.6 Å². The van der Waals surface area contributed by atoms with E-state index in [1.165, 1.54) is 6.07 Å². The molecule has 0 aromatic carbocycles. The van der Waals surface area contributed by atoms with Crippen molar-refractivity contribution in [3.8, 4) is 0 Å². The summed E-state index contributed by atoms with van der Waals surface area (Å²) in [5.74, 6) is -0.615. The highest BCUT2D eigenvalue weighted by Gasteiger charge is 2.18. The van der Waals surface area contributed by atoms with Gasteiger partial charge < -0.3 is 14.9 Å². The van der Waals surface area contributed by atoms with E-state index < -0.39 is 10.9 Å². The number of pyridine rings is 1. The van der Waals surface area contributed by atoms with Crippen molar-refractivity contribution in [3.05, 3.63) is 26.9 Å². The molecule has 0 spiro atoms. The standard InChI is InChI=1S/C11H15BrN4O4/c1-14(2)3-4-15(7-10(17)18)11-9(12)5-8(6-13-11)16(19)20/h5-6H,3-4,7H2,1-2H3,(H,17,18). The highest BCUT2D eigenvalue weighted by atomic mass is 79.9. The summed E-state index contributed by atoms with van der Waals surface area (Å²) in [5, 5.41) is 19.6. The average Bonchev–Trinajstić information content (AvgIpc) is 2.33. The second-order valence-electron chi connectivity index (χ2n) is 4.37. The van der Waals surface area contributed by atoms with E-state index in [1.807, 2.05) is 19.0 Å². The molecule has 1 aromatic rings. The van der Waals surface area contributed by atoms with Crippen molar-refractivity contribution in [3.63, 3.8) is 0 Å². The van der Waals surface area contributed by atoms with E-state index in [1.54, 1.807) is 4.90 Å². The predicted molar refractivity (Wildman–Crippen MR) is 77.0 cm³/mol. The van der Waals surface area contributed by atoms with E-state index >= 15 is 0 Å². The lowest BCUT2D eigenvalue weighted by Gasteiger charge is -2.24. The van der Waals surface area contributed by atoms with Crippen LogP contribution in [-0.4, -0.2) is 59.6 Å². The van der Waals surface area contributed by atoms with Crippen LogP contribution in [0.15, 0.2) is 16.7 Å². The van der Waals surface area contributed by atoms with Gasteiger partial charge in [0.15, 0.2) is 0 Å². The summed E-state index contributed by atoms with van der Waals surface area (Å²) in [5.41, 5.74) is -0.150. The molecule has 0 fully saturated rings. The van der Waals surface area contributed by atoms with Crippen LogP contribution in [0, 0.1) is 10.1 Å². The van der Waals surface area contributed by atoms with Crippen LogP contribution in [0.3, 0.4) is 0 Å². The first-order chi connectivity index (χ1) is 9.31. The number of nitrogens with zero attached hydrogens (tertiary/aromatic N) is 4. The monoisotopic (exact) mass is 346 g/mol. The van der Waals surface area contributed by atoms with Crippen LogP contribution in [0.1, 0.15) is 0 Å². The van der Waals surface area contributed by atoms with E-state index in [2.05, 4.69) is 20.9 Å². The van der Waals surface area contributed by atoms with Crippen LogP contribution in [-0.2, 0) is 4.79 Å². The molecular formula is C11H15BrN4O4. The number of rotatable bonds is 7. The van der Waals surface area contributed by atoms with Gasteiger partial charge in [0.1, 0.15) is 18.6 Å². The van der Waals surface area contributed by atoms with Gasteiger partial charge >= 0.3 is 5.97 Å². The Labute approximate surface area is 124 Å². The lowest BCUT2D eigenvalue weighted by atomic mass is 10.3. The van der Waals surface area contributed by atoms with Crippen molar-refractivity contribution in [2.45, 2.75) is 0 Å². The maximum Gasteiger partial charge on any atom is 0.323 e. The predicted octanol–water partition coefficient (Wildman–Crippen LogP) is 1.20. The molecular weight excluding hydrogens is 332 g/mol. The van der Waals surface area contributed by atoms with Gasteiger partial charge in [0.25, 0.3) is 5.69 Å². The van der Waals surface area contributed by atoms with Gasteiger partial charge in [-0.1, -0.05) is 0 Å². The first-order valence-electron chi connectivity index (χ1n) is 5.72. The van der Waals surface area contributed by atoms with Crippen LogP contribution in [0.2, 0.25) is 0 Å². The number of hydrogen-bond acceptors (Lipinski definition) is 6. The van der Waals surface area contributed by atoms with Gasteiger partial charge in [-0.25, -0.2) is 4.98 Å². The first kappa shape index (κ1) is 16.3. The van der Waals surface area contributed by atoms with Crippen LogP contribution in [0.4, 0.5) is 11.5 Å². The molecule has 0 amide bonds. The molecule has 0 bridgehead atoms. The third-order valence-corrected chi connectivity index (χ3v) is 3.04. The number of halogens is 1. The van der Waals surface area contributed by atoms with Gasteiger partial charge in [-0.2, -0.15) is 0 Å². The number of anilines is 1. The van der Waals surface area contributed by atoms with Crippen molar-refractivity contribution in [1.29, 1.82) is 0 Å². The van der Waals surface area contributed by atoms with Crippen LogP contribution in [0.25, 0.3) is 0 Å². The zero-order valence-electron chi connectivity index (χ0n) is 11.1. The molecule has 20 heavy (non-hydrogen) atoms. The Morgan fingerprint density at radius 1 is 1.50 bits per heavy atom. The van der Waals surface area contributed by atoms with E-state index in [9.17, 15) is 14.9 Å². The van der Waals surface area contributed by atoms with E-state index in [4.69, 9.17) is 5.11 Å². The highest BCUT2D eigenvalue weighted by molar-refractivity contribution is 9.10. The van der Waals surface area contributed by atoms with E-state index in [-0.39, 0.29) is 12.2 Å². The van der Waals surface area contributed by atoms with Gasteiger partial charge in [0.05, 0.1) is 9.40 Å². The topological polar surface area (TPSA) is 99.8 Å². The Morgan fingerprint density at radius 2 is 2.15 bits per heavy atom. The lowest BCUT2D eigenvalue weighted by molar-refractivity contribution is -0.385. The Hall–Kier alpha value is -1.74. The largest absolute Gasteiger partial charge is 0.480 e. The Kier molecular flexibility index (Phi) is 5.83. The smallest absolute Gasteiger partial charge is 0.323 e. The average molecular weight is 347 g/mol. The third kappa shape index (κ3) is 4.74. The van der Waals surface area contributed by atoms with Crippen molar-refractivity contribution in [1.82, 2.24) is 9.88 Å². The number of carboxylic acid groups (broad SMARTS) is 1. The number of aromatic nitrogens is 1. The summed E-state index contributed by atoms with van der Waals surface area (Å²) >= 11 is 3.20. The molecule has 0 aliphatic carbocycles. The molecule has 0 saturated carbocycles. The fraction of sp³-hybridized carbons (Fsp3) is 0.455. The van der Waals surface area contributed by atoms with Gasteiger partial charge in [0, 0.05) is 19.2 Å². The second-order valence-corrected chi connectivity index (χ2v) is 5.23. The van der Waals surface area contributed by atoms with E-state index in [0.29, 0.717) is 23.4 Å². The maximum atomic E-state index is 10.9. The minimum atomic E-state index is -0.990. The van der Waals surface area contributed by atoms with Gasteiger partial charge in [0.2, 0.25) is 0 Å². The molecule has 0 aliphatic rings. The second kappa shape index (κ2) is 7.15. The summed E-state index contributed by atoms with van der Waals surface area (Å²) < 4.78 is 0.395. The van der Waals surface area contributed by atoms with Crippen LogP contribution < -0.4 is 4.90 Å². The van der Waals surface area contributed by atoms with E-state index in [0.717, 1.165) is 6.20 Å².